The van der Waals surface area contributed by atoms with Gasteiger partial charge in [-0.1, -0.05) is 49.1 Å². The van der Waals surface area contributed by atoms with Crippen molar-refractivity contribution in [1.29, 1.82) is 0 Å². The molecule has 2 aromatic heterocycles. The summed E-state index contributed by atoms with van der Waals surface area (Å²) in [5.74, 6) is 0.711. The number of nitrogens with zero attached hydrogens (tertiary/aromatic N) is 4. The van der Waals surface area contributed by atoms with Gasteiger partial charge in [-0.3, -0.25) is 9.39 Å². The fourth-order valence-electron chi connectivity index (χ4n) is 3.78. The number of imidazole rings is 1. The van der Waals surface area contributed by atoms with E-state index in [4.69, 9.17) is 9.98 Å². The van der Waals surface area contributed by atoms with Gasteiger partial charge in [-0.25, -0.2) is 9.97 Å². The van der Waals surface area contributed by atoms with Crippen molar-refractivity contribution in [3.63, 3.8) is 0 Å². The summed E-state index contributed by atoms with van der Waals surface area (Å²) in [6.07, 6.45) is 9.55. The third-order valence-electron chi connectivity index (χ3n) is 5.24. The summed E-state index contributed by atoms with van der Waals surface area (Å²) in [5, 5.41) is 3.40. The first-order valence-corrected chi connectivity index (χ1v) is 10.7. The minimum Gasteiger partial charge on any atom is -0.337 e. The molecule has 0 spiro atoms. The molecule has 0 radical (unpaired) electrons. The lowest BCUT2D eigenvalue weighted by atomic mass is 9.98. The molecule has 0 atom stereocenters. The molecule has 0 bridgehead atoms. The summed E-state index contributed by atoms with van der Waals surface area (Å²) >= 11 is 0. The van der Waals surface area contributed by atoms with Crippen LogP contribution in [-0.4, -0.2) is 26.6 Å². The van der Waals surface area contributed by atoms with Crippen LogP contribution in [0.5, 0.6) is 0 Å². The molecule has 4 rings (SSSR count). The second-order valence-electron chi connectivity index (χ2n) is 7.46. The molecule has 0 fully saturated rings. The summed E-state index contributed by atoms with van der Waals surface area (Å²) in [6, 6.07) is 16.5. The van der Waals surface area contributed by atoms with Crippen LogP contribution in [0.15, 0.2) is 84.8 Å². The molecular formula is C27H27N5. The van der Waals surface area contributed by atoms with Gasteiger partial charge in [0.1, 0.15) is 0 Å². The smallest absolute Gasteiger partial charge is 0.180 e. The molecule has 5 nitrogen and oxygen atoms in total. The number of allylic oxidation sites excluding steroid dienone is 2. The highest BCUT2D eigenvalue weighted by Crippen LogP contribution is 2.26. The Labute approximate surface area is 188 Å². The summed E-state index contributed by atoms with van der Waals surface area (Å²) in [4.78, 5) is 14.1. The molecule has 4 aromatic rings. The highest BCUT2D eigenvalue weighted by atomic mass is 15.1. The Hall–Kier alpha value is -3.99. The zero-order chi connectivity index (χ0) is 22.5. The standard InChI is InChI=1S/C27H27N5/c1-5-20-11-9-12-21(17-20)25(28-7-3)23(6-2)24-18-30-27-26(29-14-15-32(24)27)31-22-13-8-10-19(4)16-22/h5-6,8-18H,1,7H2,2-4H3,(H,29,31)/b23-6-,28-25?. The van der Waals surface area contributed by atoms with E-state index in [0.29, 0.717) is 12.4 Å². The SMILES string of the molecule is C=Cc1cccc(C(=NCC)/C(=C\C)c2cnc3c(Nc4cccc(C)c4)nccn23)c1. The molecule has 0 aliphatic rings. The van der Waals surface area contributed by atoms with Gasteiger partial charge in [-0.15, -0.1) is 0 Å². The molecule has 2 aromatic carbocycles. The van der Waals surface area contributed by atoms with Gasteiger partial charge in [0.15, 0.2) is 11.5 Å². The quantitative estimate of drug-likeness (QED) is 0.354. The van der Waals surface area contributed by atoms with Crippen molar-refractivity contribution in [3.05, 3.63) is 102 Å². The normalized spacial score (nSPS) is 12.2. The number of hydrogen-bond donors (Lipinski definition) is 1. The molecule has 0 saturated carbocycles. The number of aliphatic imine (C=N–C) groups is 1. The van der Waals surface area contributed by atoms with Crippen LogP contribution >= 0.6 is 0 Å². The Morgan fingerprint density at radius 2 is 2.00 bits per heavy atom. The molecule has 0 unspecified atom stereocenters. The van der Waals surface area contributed by atoms with Gasteiger partial charge < -0.3 is 5.32 Å². The average molecular weight is 422 g/mol. The van der Waals surface area contributed by atoms with E-state index < -0.39 is 0 Å². The predicted molar refractivity (Wildman–Crippen MR) is 135 cm³/mol. The third-order valence-corrected chi connectivity index (χ3v) is 5.24. The number of hydrogen-bond acceptors (Lipinski definition) is 4. The molecule has 32 heavy (non-hydrogen) atoms. The maximum absolute atomic E-state index is 4.85. The van der Waals surface area contributed by atoms with E-state index in [9.17, 15) is 0 Å². The van der Waals surface area contributed by atoms with Gasteiger partial charge >= 0.3 is 0 Å². The van der Waals surface area contributed by atoms with Gasteiger partial charge in [0, 0.05) is 35.8 Å². The lowest BCUT2D eigenvalue weighted by Gasteiger charge is -2.13. The van der Waals surface area contributed by atoms with Gasteiger partial charge in [-0.2, -0.15) is 0 Å². The average Bonchev–Trinajstić information content (AvgIpc) is 3.24. The fraction of sp³-hybridized carbons (Fsp3) is 0.148. The molecule has 0 aliphatic heterocycles. The van der Waals surface area contributed by atoms with Crippen LogP contribution < -0.4 is 5.32 Å². The van der Waals surface area contributed by atoms with Crippen molar-refractivity contribution < 1.29 is 0 Å². The fourth-order valence-corrected chi connectivity index (χ4v) is 3.78. The van der Waals surface area contributed by atoms with Crippen molar-refractivity contribution in [2.45, 2.75) is 20.8 Å². The first-order valence-electron chi connectivity index (χ1n) is 10.7. The number of aromatic nitrogens is 3. The van der Waals surface area contributed by atoms with Gasteiger partial charge in [0.05, 0.1) is 17.6 Å². The van der Waals surface area contributed by atoms with Crippen LogP contribution in [0, 0.1) is 6.92 Å². The zero-order valence-corrected chi connectivity index (χ0v) is 18.7. The Kier molecular flexibility index (Phi) is 6.26. The molecule has 0 saturated heterocycles. The lowest BCUT2D eigenvalue weighted by Crippen LogP contribution is -2.08. The molecule has 0 amide bonds. The zero-order valence-electron chi connectivity index (χ0n) is 18.7. The Morgan fingerprint density at radius 3 is 2.75 bits per heavy atom. The van der Waals surface area contributed by atoms with E-state index in [2.05, 4.69) is 58.5 Å². The number of rotatable bonds is 7. The van der Waals surface area contributed by atoms with E-state index in [1.165, 1.54) is 5.56 Å². The number of anilines is 2. The van der Waals surface area contributed by atoms with Crippen molar-refractivity contribution in [2.24, 2.45) is 4.99 Å². The summed E-state index contributed by atoms with van der Waals surface area (Å²) < 4.78 is 2.06. The van der Waals surface area contributed by atoms with Crippen LogP contribution in [-0.2, 0) is 0 Å². The second-order valence-corrected chi connectivity index (χ2v) is 7.46. The topological polar surface area (TPSA) is 54.6 Å². The van der Waals surface area contributed by atoms with E-state index >= 15 is 0 Å². The Morgan fingerprint density at radius 1 is 1.16 bits per heavy atom. The Balaban J connectivity index is 1.79. The largest absolute Gasteiger partial charge is 0.337 e. The maximum Gasteiger partial charge on any atom is 0.180 e. The first-order chi connectivity index (χ1) is 15.6. The number of benzene rings is 2. The first kappa shape index (κ1) is 21.2. The summed E-state index contributed by atoms with van der Waals surface area (Å²) in [5.41, 5.74) is 7.97. The van der Waals surface area contributed by atoms with Gasteiger partial charge in [0.25, 0.3) is 0 Å². The number of nitrogens with one attached hydrogen (secondary N) is 1. The molecule has 5 heteroatoms. The van der Waals surface area contributed by atoms with Crippen LogP contribution in [0.1, 0.15) is 36.2 Å². The van der Waals surface area contributed by atoms with Gasteiger partial charge in [-0.05, 0) is 50.1 Å². The van der Waals surface area contributed by atoms with Crippen molar-refractivity contribution in [2.75, 3.05) is 11.9 Å². The number of fused-ring (bicyclic) bond motifs is 1. The maximum atomic E-state index is 4.85. The molecular weight excluding hydrogens is 394 g/mol. The molecule has 2 heterocycles. The van der Waals surface area contributed by atoms with Gasteiger partial charge in [0.2, 0.25) is 0 Å². The van der Waals surface area contributed by atoms with E-state index in [1.807, 2.05) is 56.6 Å². The van der Waals surface area contributed by atoms with Crippen LogP contribution in [0.2, 0.25) is 0 Å². The van der Waals surface area contributed by atoms with Crippen molar-refractivity contribution in [1.82, 2.24) is 14.4 Å². The minimum atomic E-state index is 0.684. The molecule has 0 aliphatic carbocycles. The molecule has 160 valence electrons. The van der Waals surface area contributed by atoms with E-state index in [1.54, 1.807) is 6.20 Å². The summed E-state index contributed by atoms with van der Waals surface area (Å²) in [7, 11) is 0. The van der Waals surface area contributed by atoms with E-state index in [0.717, 1.165) is 39.4 Å². The van der Waals surface area contributed by atoms with Crippen molar-refractivity contribution in [3.8, 4) is 0 Å². The van der Waals surface area contributed by atoms with Crippen LogP contribution in [0.25, 0.3) is 17.3 Å². The van der Waals surface area contributed by atoms with Crippen molar-refractivity contribution >= 4 is 34.5 Å². The number of aryl methyl sites for hydroxylation is 1. The highest BCUT2D eigenvalue weighted by Gasteiger charge is 2.17. The minimum absolute atomic E-state index is 0.684. The monoisotopic (exact) mass is 421 g/mol. The summed E-state index contributed by atoms with van der Waals surface area (Å²) in [6.45, 7) is 10.7. The predicted octanol–water partition coefficient (Wildman–Crippen LogP) is 6.34. The van der Waals surface area contributed by atoms with Crippen LogP contribution in [0.4, 0.5) is 11.5 Å². The second kappa shape index (κ2) is 9.43. The Bertz CT molecular complexity index is 1330. The van der Waals surface area contributed by atoms with E-state index in [-0.39, 0.29) is 0 Å². The van der Waals surface area contributed by atoms with Crippen LogP contribution in [0.3, 0.4) is 0 Å². The highest BCUT2D eigenvalue weighted by molar-refractivity contribution is 6.31. The molecule has 1 N–H and O–H groups in total. The third kappa shape index (κ3) is 4.23. The lowest BCUT2D eigenvalue weighted by molar-refractivity contribution is 1.10.